The fraction of sp³-hybridized carbons (Fsp3) is 0.214. The maximum atomic E-state index is 5.73. The lowest BCUT2D eigenvalue weighted by Crippen LogP contribution is -1.93. The van der Waals surface area contributed by atoms with Crippen LogP contribution in [0.5, 0.6) is 17.4 Å². The summed E-state index contributed by atoms with van der Waals surface area (Å²) in [5, 5.41) is 0. The standard InChI is InChI=1S/C14H14BrNO2/c1-9-4-5-12(13(6-9)17-3)18-14-7-10(2)11(15)8-16-14/h4-8H,1-3H3. The van der Waals surface area contributed by atoms with E-state index in [4.69, 9.17) is 9.47 Å². The molecule has 0 fully saturated rings. The van der Waals surface area contributed by atoms with Crippen LogP contribution in [0.4, 0.5) is 0 Å². The number of halogens is 1. The zero-order valence-electron chi connectivity index (χ0n) is 10.5. The molecule has 0 amide bonds. The third kappa shape index (κ3) is 2.82. The van der Waals surface area contributed by atoms with Crippen molar-refractivity contribution in [2.75, 3.05) is 7.11 Å². The molecule has 0 spiro atoms. The Labute approximate surface area is 115 Å². The normalized spacial score (nSPS) is 10.2. The lowest BCUT2D eigenvalue weighted by Gasteiger charge is -2.10. The van der Waals surface area contributed by atoms with Crippen LogP contribution in [0.2, 0.25) is 0 Å². The van der Waals surface area contributed by atoms with Crippen molar-refractivity contribution in [2.24, 2.45) is 0 Å². The maximum Gasteiger partial charge on any atom is 0.219 e. The summed E-state index contributed by atoms with van der Waals surface area (Å²) in [6.07, 6.45) is 1.73. The molecule has 94 valence electrons. The number of rotatable bonds is 3. The second-order valence-electron chi connectivity index (χ2n) is 4.03. The van der Waals surface area contributed by atoms with E-state index >= 15 is 0 Å². The van der Waals surface area contributed by atoms with Crippen LogP contribution in [0.3, 0.4) is 0 Å². The van der Waals surface area contributed by atoms with Gasteiger partial charge in [0.2, 0.25) is 5.88 Å². The number of ether oxygens (including phenoxy) is 2. The van der Waals surface area contributed by atoms with Gasteiger partial charge >= 0.3 is 0 Å². The summed E-state index contributed by atoms with van der Waals surface area (Å²) < 4.78 is 12.0. The van der Waals surface area contributed by atoms with Crippen LogP contribution in [0, 0.1) is 13.8 Å². The molecule has 0 N–H and O–H groups in total. The quantitative estimate of drug-likeness (QED) is 0.849. The van der Waals surface area contributed by atoms with Crippen molar-refractivity contribution in [1.29, 1.82) is 0 Å². The number of hydrogen-bond acceptors (Lipinski definition) is 3. The van der Waals surface area contributed by atoms with Gasteiger partial charge in [-0.15, -0.1) is 0 Å². The van der Waals surface area contributed by atoms with E-state index in [-0.39, 0.29) is 0 Å². The van der Waals surface area contributed by atoms with Crippen molar-refractivity contribution in [1.82, 2.24) is 4.98 Å². The van der Waals surface area contributed by atoms with Gasteiger partial charge in [0, 0.05) is 16.7 Å². The first-order chi connectivity index (χ1) is 8.60. The van der Waals surface area contributed by atoms with Gasteiger partial charge < -0.3 is 9.47 Å². The van der Waals surface area contributed by atoms with E-state index in [0.717, 1.165) is 15.6 Å². The van der Waals surface area contributed by atoms with E-state index < -0.39 is 0 Å². The van der Waals surface area contributed by atoms with Crippen LogP contribution < -0.4 is 9.47 Å². The van der Waals surface area contributed by atoms with Crippen molar-refractivity contribution >= 4 is 15.9 Å². The summed E-state index contributed by atoms with van der Waals surface area (Å²) in [5.74, 6) is 1.92. The molecule has 0 bridgehead atoms. The highest BCUT2D eigenvalue weighted by Crippen LogP contribution is 2.32. The summed E-state index contributed by atoms with van der Waals surface area (Å²) in [4.78, 5) is 4.21. The molecule has 1 aromatic carbocycles. The molecule has 0 aliphatic carbocycles. The Balaban J connectivity index is 2.30. The molecule has 0 unspecified atom stereocenters. The number of methoxy groups -OCH3 is 1. The first-order valence-corrected chi connectivity index (χ1v) is 6.34. The Morgan fingerprint density at radius 3 is 2.56 bits per heavy atom. The SMILES string of the molecule is COc1cc(C)ccc1Oc1cc(C)c(Br)cn1. The van der Waals surface area contributed by atoms with Gasteiger partial charge in [-0.05, 0) is 53.0 Å². The highest BCUT2D eigenvalue weighted by atomic mass is 79.9. The second kappa shape index (κ2) is 5.40. The van der Waals surface area contributed by atoms with Gasteiger partial charge in [-0.25, -0.2) is 4.98 Å². The van der Waals surface area contributed by atoms with Crippen molar-refractivity contribution in [3.05, 3.63) is 46.1 Å². The Morgan fingerprint density at radius 1 is 1.11 bits per heavy atom. The second-order valence-corrected chi connectivity index (χ2v) is 4.88. The van der Waals surface area contributed by atoms with Crippen LogP contribution in [0.15, 0.2) is 34.9 Å². The third-order valence-corrected chi connectivity index (χ3v) is 3.39. The number of pyridine rings is 1. The van der Waals surface area contributed by atoms with Gasteiger partial charge in [0.1, 0.15) is 0 Å². The zero-order chi connectivity index (χ0) is 13.1. The smallest absolute Gasteiger partial charge is 0.219 e. The van der Waals surface area contributed by atoms with Gasteiger partial charge in [-0.2, -0.15) is 0 Å². The first-order valence-electron chi connectivity index (χ1n) is 5.55. The molecular weight excluding hydrogens is 294 g/mol. The third-order valence-electron chi connectivity index (χ3n) is 2.56. The Bertz CT molecular complexity index is 570. The minimum Gasteiger partial charge on any atom is -0.493 e. The van der Waals surface area contributed by atoms with Crippen LogP contribution in [0.25, 0.3) is 0 Å². The van der Waals surface area contributed by atoms with Crippen molar-refractivity contribution in [2.45, 2.75) is 13.8 Å². The molecule has 0 radical (unpaired) electrons. The molecule has 2 aromatic rings. The molecule has 1 heterocycles. The number of aryl methyl sites for hydroxylation is 2. The largest absolute Gasteiger partial charge is 0.493 e. The lowest BCUT2D eigenvalue weighted by atomic mass is 10.2. The average Bonchev–Trinajstić information content (AvgIpc) is 2.36. The Kier molecular flexibility index (Phi) is 3.87. The number of nitrogens with zero attached hydrogens (tertiary/aromatic N) is 1. The predicted octanol–water partition coefficient (Wildman–Crippen LogP) is 4.26. The summed E-state index contributed by atoms with van der Waals surface area (Å²) >= 11 is 3.41. The Morgan fingerprint density at radius 2 is 1.89 bits per heavy atom. The van der Waals surface area contributed by atoms with E-state index in [2.05, 4.69) is 20.9 Å². The highest BCUT2D eigenvalue weighted by molar-refractivity contribution is 9.10. The van der Waals surface area contributed by atoms with Crippen LogP contribution >= 0.6 is 15.9 Å². The molecule has 0 aliphatic rings. The fourth-order valence-electron chi connectivity index (χ4n) is 1.54. The number of aromatic nitrogens is 1. The summed E-state index contributed by atoms with van der Waals surface area (Å²) in [6, 6.07) is 7.67. The van der Waals surface area contributed by atoms with Crippen molar-refractivity contribution < 1.29 is 9.47 Å². The van der Waals surface area contributed by atoms with Crippen LogP contribution in [-0.4, -0.2) is 12.1 Å². The molecular formula is C14H14BrNO2. The Hall–Kier alpha value is -1.55. The van der Waals surface area contributed by atoms with E-state index in [0.29, 0.717) is 17.4 Å². The summed E-state index contributed by atoms with van der Waals surface area (Å²) in [6.45, 7) is 4.00. The van der Waals surface area contributed by atoms with Gasteiger partial charge in [0.05, 0.1) is 7.11 Å². The van der Waals surface area contributed by atoms with Gasteiger partial charge in [-0.1, -0.05) is 6.07 Å². The maximum absolute atomic E-state index is 5.73. The molecule has 0 saturated heterocycles. The minimum absolute atomic E-state index is 0.554. The fourth-order valence-corrected chi connectivity index (χ4v) is 1.76. The molecule has 3 nitrogen and oxygen atoms in total. The molecule has 0 saturated carbocycles. The monoisotopic (exact) mass is 307 g/mol. The van der Waals surface area contributed by atoms with Gasteiger partial charge in [0.15, 0.2) is 11.5 Å². The zero-order valence-corrected chi connectivity index (χ0v) is 12.1. The van der Waals surface area contributed by atoms with E-state index in [9.17, 15) is 0 Å². The van der Waals surface area contributed by atoms with E-state index in [1.54, 1.807) is 13.3 Å². The van der Waals surface area contributed by atoms with Crippen molar-refractivity contribution in [3.8, 4) is 17.4 Å². The molecule has 2 rings (SSSR count). The first kappa shape index (κ1) is 12.9. The molecule has 1 aromatic heterocycles. The highest BCUT2D eigenvalue weighted by Gasteiger charge is 2.07. The van der Waals surface area contributed by atoms with E-state index in [1.165, 1.54) is 0 Å². The summed E-state index contributed by atoms with van der Waals surface area (Å²) in [7, 11) is 1.63. The van der Waals surface area contributed by atoms with Crippen LogP contribution in [0.1, 0.15) is 11.1 Å². The van der Waals surface area contributed by atoms with Crippen molar-refractivity contribution in [3.63, 3.8) is 0 Å². The number of hydrogen-bond donors (Lipinski definition) is 0. The minimum atomic E-state index is 0.554. The van der Waals surface area contributed by atoms with Crippen LogP contribution in [-0.2, 0) is 0 Å². The molecule has 0 aliphatic heterocycles. The molecule has 0 atom stereocenters. The number of benzene rings is 1. The van der Waals surface area contributed by atoms with E-state index in [1.807, 2.05) is 38.1 Å². The molecule has 4 heteroatoms. The topological polar surface area (TPSA) is 31.4 Å². The lowest BCUT2D eigenvalue weighted by molar-refractivity contribution is 0.373. The summed E-state index contributed by atoms with van der Waals surface area (Å²) in [5.41, 5.74) is 2.20. The van der Waals surface area contributed by atoms with Gasteiger partial charge in [0.25, 0.3) is 0 Å². The van der Waals surface area contributed by atoms with Gasteiger partial charge in [-0.3, -0.25) is 0 Å². The average molecular weight is 308 g/mol. The molecule has 18 heavy (non-hydrogen) atoms. The predicted molar refractivity (Wildman–Crippen MR) is 74.5 cm³/mol.